The summed E-state index contributed by atoms with van der Waals surface area (Å²) < 4.78 is 25.9. The SMILES string of the molecule is Cc1cc2c(oc3c2ccc2oc4c(-c5nc6ccccc6n5-c5c(C(C)C)cc(-c6ccccc6)cc5C(C)C)[c-]c(Oc5[c-]c(-c6nc7ccccc7n6-c6c(C(C)C)cc(-c7ccccc7)cc6C(C)C)ccc5)cc4c23)c(C)n1.[Pt+2]. The normalized spacial score (nSPS) is 12.0. The first-order valence-electron chi connectivity index (χ1n) is 29.0. The van der Waals surface area contributed by atoms with Crippen LogP contribution in [-0.4, -0.2) is 24.1 Å². The monoisotopic (exact) mass is 1280 g/mol. The van der Waals surface area contributed by atoms with Crippen molar-refractivity contribution in [3.63, 3.8) is 0 Å². The summed E-state index contributed by atoms with van der Waals surface area (Å²) in [6.07, 6.45) is 0. The van der Waals surface area contributed by atoms with Gasteiger partial charge in [-0.15, -0.1) is 23.8 Å². The molecule has 9 aromatic carbocycles. The summed E-state index contributed by atoms with van der Waals surface area (Å²) in [5.74, 6) is 3.15. The van der Waals surface area contributed by atoms with Crippen LogP contribution in [0.4, 0.5) is 0 Å². The molecule has 0 unspecified atom stereocenters. The number of imidazole rings is 2. The van der Waals surface area contributed by atoms with E-state index in [1.807, 2.05) is 32.0 Å². The molecule has 0 spiro atoms. The van der Waals surface area contributed by atoms with Crippen LogP contribution in [0.5, 0.6) is 11.5 Å². The van der Waals surface area contributed by atoms with Gasteiger partial charge in [0.25, 0.3) is 0 Å². The van der Waals surface area contributed by atoms with Crippen LogP contribution in [0, 0.1) is 26.0 Å². The van der Waals surface area contributed by atoms with Crippen LogP contribution in [0.2, 0.25) is 0 Å². The van der Waals surface area contributed by atoms with Gasteiger partial charge in [0, 0.05) is 39.3 Å². The van der Waals surface area contributed by atoms with Crippen LogP contribution in [0.1, 0.15) is 113 Å². The van der Waals surface area contributed by atoms with Crippen LogP contribution in [-0.2, 0) is 21.1 Å². The summed E-state index contributed by atoms with van der Waals surface area (Å²) in [7, 11) is 0. The van der Waals surface area contributed by atoms with Gasteiger partial charge in [0.05, 0.1) is 50.4 Å². The number of hydrogen-bond acceptors (Lipinski definition) is 6. The number of hydrogen-bond donors (Lipinski definition) is 0. The third-order valence-electron chi connectivity index (χ3n) is 16.4. The molecule has 5 heterocycles. The predicted octanol–water partition coefficient (Wildman–Crippen LogP) is 20.7. The molecule has 0 saturated carbocycles. The molecular weight excluding hydrogens is 1210 g/mol. The third-order valence-corrected chi connectivity index (χ3v) is 16.4. The minimum atomic E-state index is 0. The van der Waals surface area contributed by atoms with Crippen molar-refractivity contribution in [2.45, 2.75) is 92.9 Å². The Morgan fingerprint density at radius 1 is 0.429 bits per heavy atom. The van der Waals surface area contributed by atoms with Crippen molar-refractivity contribution in [2.24, 2.45) is 0 Å². The summed E-state index contributed by atoms with van der Waals surface area (Å²) in [4.78, 5) is 15.8. The molecule has 0 atom stereocenters. The Morgan fingerprint density at radius 2 is 0.952 bits per heavy atom. The zero-order chi connectivity index (χ0) is 56.9. The molecule has 0 aliphatic heterocycles. The van der Waals surface area contributed by atoms with Gasteiger partial charge in [-0.25, -0.2) is 0 Å². The van der Waals surface area contributed by atoms with Crippen molar-refractivity contribution in [1.82, 2.24) is 24.1 Å². The molecule has 0 saturated heterocycles. The van der Waals surface area contributed by atoms with Gasteiger partial charge in [-0.3, -0.25) is 15.0 Å². The second-order valence-corrected chi connectivity index (χ2v) is 23.4. The van der Waals surface area contributed by atoms with E-state index in [-0.39, 0.29) is 44.7 Å². The van der Waals surface area contributed by atoms with Gasteiger partial charge in [-0.2, -0.15) is 0 Å². The minimum absolute atomic E-state index is 0. The largest absolute Gasteiger partial charge is 2.00 e. The van der Waals surface area contributed by atoms with Crippen LogP contribution in [0.3, 0.4) is 0 Å². The van der Waals surface area contributed by atoms with Gasteiger partial charge in [-0.05, 0) is 154 Å². The molecule has 84 heavy (non-hydrogen) atoms. The van der Waals surface area contributed by atoms with Crippen molar-refractivity contribution in [3.05, 3.63) is 222 Å². The fraction of sp³-hybridized carbons (Fsp3) is 0.187. The quantitative estimate of drug-likeness (QED) is 0.113. The maximum absolute atomic E-state index is 7.18. The Balaban J connectivity index is 0.00000658. The average Bonchev–Trinajstić information content (AvgIpc) is 2.52. The Bertz CT molecular complexity index is 4810. The summed E-state index contributed by atoms with van der Waals surface area (Å²) in [6.45, 7) is 22.3. The number of rotatable bonds is 12. The first-order valence-corrected chi connectivity index (χ1v) is 29.0. The average molecular weight is 1280 g/mol. The van der Waals surface area contributed by atoms with Gasteiger partial charge in [0.15, 0.2) is 5.58 Å². The zero-order valence-corrected chi connectivity index (χ0v) is 51.1. The molecule has 0 amide bonds. The number of pyridine rings is 1. The molecule has 0 bridgehead atoms. The second-order valence-electron chi connectivity index (χ2n) is 23.4. The van der Waals surface area contributed by atoms with Crippen molar-refractivity contribution < 1.29 is 34.6 Å². The molecule has 14 aromatic rings. The molecule has 0 fully saturated rings. The fourth-order valence-electron chi connectivity index (χ4n) is 12.5. The topological polar surface area (TPSA) is 84.0 Å². The summed E-state index contributed by atoms with van der Waals surface area (Å²) in [5.41, 5.74) is 21.6. The Morgan fingerprint density at radius 3 is 1.51 bits per heavy atom. The molecule has 0 N–H and O–H groups in total. The molecule has 0 aliphatic rings. The molecule has 9 heteroatoms. The number of benzene rings is 9. The smallest absolute Gasteiger partial charge is 0.500 e. The van der Waals surface area contributed by atoms with E-state index in [0.717, 1.165) is 88.9 Å². The minimum Gasteiger partial charge on any atom is -0.500 e. The summed E-state index contributed by atoms with van der Waals surface area (Å²) >= 11 is 0. The van der Waals surface area contributed by atoms with E-state index >= 15 is 0 Å². The first-order chi connectivity index (χ1) is 40.3. The number of aryl methyl sites for hydroxylation is 2. The maximum atomic E-state index is 7.18. The molecule has 416 valence electrons. The zero-order valence-electron chi connectivity index (χ0n) is 48.8. The predicted molar refractivity (Wildman–Crippen MR) is 340 cm³/mol. The van der Waals surface area contributed by atoms with Crippen molar-refractivity contribution in [2.75, 3.05) is 0 Å². The number of aromatic nitrogens is 5. The maximum Gasteiger partial charge on any atom is 2.00 e. The molecular formula is C75H63N5O3Pt. The number of furan rings is 2. The second kappa shape index (κ2) is 21.4. The Kier molecular flexibility index (Phi) is 13.9. The molecule has 8 nitrogen and oxygen atoms in total. The van der Waals surface area contributed by atoms with Gasteiger partial charge in [-0.1, -0.05) is 164 Å². The van der Waals surface area contributed by atoms with Crippen LogP contribution >= 0.6 is 0 Å². The molecule has 0 aliphatic carbocycles. The van der Waals surface area contributed by atoms with Gasteiger partial charge in [0.1, 0.15) is 11.2 Å². The van der Waals surface area contributed by atoms with E-state index < -0.39 is 0 Å². The Labute approximate surface area is 504 Å². The Hall–Kier alpha value is -8.84. The standard InChI is InChI=1S/C75H63N5O3.Pt/c1-42(2)56-36-51(48-22-13-11-14-23-48)37-57(43(3)4)69(56)79-65-30-19-17-28-63(65)77-74(79)50-26-21-27-53(35-50)81-54-40-61-68-67(33-32-55-60-34-46(9)76-47(10)71(60)83-73(55)68)82-72(61)62(41-54)75-78-64-29-18-20-31-66(64)80(75)70-58(44(5)6)38-52(39-59(70)45(7)8)49-24-15-12-16-25-49;/h11-34,36-40,42-45H,1-10H3;/q-2;+2. The number of nitrogens with zero attached hydrogens (tertiary/aromatic N) is 5. The van der Waals surface area contributed by atoms with Crippen LogP contribution in [0.25, 0.3) is 122 Å². The van der Waals surface area contributed by atoms with E-state index in [4.69, 9.17) is 28.5 Å². The van der Waals surface area contributed by atoms with E-state index in [0.29, 0.717) is 34.1 Å². The number of para-hydroxylation sites is 4. The van der Waals surface area contributed by atoms with Crippen molar-refractivity contribution >= 4 is 65.9 Å². The van der Waals surface area contributed by atoms with E-state index in [9.17, 15) is 0 Å². The first kappa shape index (κ1) is 54.4. The summed E-state index contributed by atoms with van der Waals surface area (Å²) in [6, 6.07) is 69.5. The molecule has 14 rings (SSSR count). The third kappa shape index (κ3) is 9.14. The number of ether oxygens (including phenoxy) is 1. The van der Waals surface area contributed by atoms with Gasteiger partial charge >= 0.3 is 21.1 Å². The van der Waals surface area contributed by atoms with E-state index in [1.54, 1.807) is 0 Å². The summed E-state index contributed by atoms with van der Waals surface area (Å²) in [5, 5.41) is 3.63. The van der Waals surface area contributed by atoms with Gasteiger partial charge in [0.2, 0.25) is 0 Å². The van der Waals surface area contributed by atoms with Gasteiger partial charge < -0.3 is 22.7 Å². The fourth-order valence-corrected chi connectivity index (χ4v) is 12.5. The van der Waals surface area contributed by atoms with Crippen molar-refractivity contribution in [3.8, 4) is 67.9 Å². The van der Waals surface area contributed by atoms with Crippen LogP contribution in [0.15, 0.2) is 185 Å². The molecule has 0 radical (unpaired) electrons. The van der Waals surface area contributed by atoms with Crippen molar-refractivity contribution in [1.29, 1.82) is 0 Å². The van der Waals surface area contributed by atoms with Crippen LogP contribution < -0.4 is 4.74 Å². The van der Waals surface area contributed by atoms with E-state index in [1.165, 1.54) is 44.5 Å². The van der Waals surface area contributed by atoms with E-state index in [2.05, 4.69) is 234 Å². The number of fused-ring (bicyclic) bond motifs is 9. The molecule has 5 aromatic heterocycles.